The molecule has 0 spiro atoms. The van der Waals surface area contributed by atoms with Crippen molar-refractivity contribution in [2.45, 2.75) is 46.0 Å². The van der Waals surface area contributed by atoms with Crippen molar-refractivity contribution < 1.29 is 9.59 Å². The Morgan fingerprint density at radius 3 is 2.36 bits per heavy atom. The molecule has 0 bridgehead atoms. The Kier molecular flexibility index (Phi) is 5.33. The molecule has 1 aromatic heterocycles. The number of carbonyl (C=O) groups is 2. The third kappa shape index (κ3) is 3.75. The SMILES string of the molecule is Cc1ccc2nc(C)c(C(=O)N3CCC(C(=O)N4CCCCC4)CC3)cc2c1. The minimum Gasteiger partial charge on any atom is -0.342 e. The van der Waals surface area contributed by atoms with Crippen LogP contribution in [0, 0.1) is 19.8 Å². The van der Waals surface area contributed by atoms with Gasteiger partial charge in [-0.2, -0.15) is 0 Å². The Balaban J connectivity index is 1.44. The molecule has 1 aromatic carbocycles. The number of aromatic nitrogens is 1. The lowest BCUT2D eigenvalue weighted by Gasteiger charge is -2.35. The standard InChI is InChI=1S/C23H29N3O2/c1-16-6-7-21-19(14-16)15-20(17(2)24-21)23(28)26-12-8-18(9-13-26)22(27)25-10-4-3-5-11-25/h6-7,14-15,18H,3-5,8-13H2,1-2H3. The summed E-state index contributed by atoms with van der Waals surface area (Å²) >= 11 is 0. The highest BCUT2D eigenvalue weighted by Crippen LogP contribution is 2.25. The van der Waals surface area contributed by atoms with Gasteiger partial charge < -0.3 is 9.80 Å². The zero-order chi connectivity index (χ0) is 19.7. The van der Waals surface area contributed by atoms with E-state index in [2.05, 4.69) is 11.1 Å². The van der Waals surface area contributed by atoms with E-state index < -0.39 is 0 Å². The van der Waals surface area contributed by atoms with Crippen LogP contribution in [-0.2, 0) is 4.79 Å². The molecular formula is C23H29N3O2. The van der Waals surface area contributed by atoms with Gasteiger partial charge in [-0.05, 0) is 64.2 Å². The molecule has 0 N–H and O–H groups in total. The van der Waals surface area contributed by atoms with Crippen molar-refractivity contribution in [3.8, 4) is 0 Å². The first-order chi connectivity index (χ1) is 13.5. The van der Waals surface area contributed by atoms with Gasteiger partial charge >= 0.3 is 0 Å². The lowest BCUT2D eigenvalue weighted by atomic mass is 9.93. The maximum atomic E-state index is 13.1. The molecule has 4 rings (SSSR count). The van der Waals surface area contributed by atoms with E-state index in [0.29, 0.717) is 24.6 Å². The zero-order valence-corrected chi connectivity index (χ0v) is 16.9. The molecule has 5 heteroatoms. The van der Waals surface area contributed by atoms with Gasteiger partial charge in [-0.3, -0.25) is 14.6 Å². The molecule has 0 aliphatic carbocycles. The number of likely N-dealkylation sites (tertiary alicyclic amines) is 2. The van der Waals surface area contributed by atoms with Gasteiger partial charge in [0.1, 0.15) is 0 Å². The van der Waals surface area contributed by atoms with E-state index in [0.717, 1.165) is 60.9 Å². The molecule has 2 aromatic rings. The van der Waals surface area contributed by atoms with Crippen LogP contribution in [0.5, 0.6) is 0 Å². The highest BCUT2D eigenvalue weighted by atomic mass is 16.2. The van der Waals surface area contributed by atoms with Crippen molar-refractivity contribution in [3.05, 3.63) is 41.1 Å². The Morgan fingerprint density at radius 1 is 0.929 bits per heavy atom. The van der Waals surface area contributed by atoms with Gasteiger partial charge in [-0.1, -0.05) is 11.6 Å². The van der Waals surface area contributed by atoms with Crippen LogP contribution in [0.15, 0.2) is 24.3 Å². The molecule has 2 aliphatic rings. The van der Waals surface area contributed by atoms with Crippen LogP contribution in [0.3, 0.4) is 0 Å². The van der Waals surface area contributed by atoms with Crippen LogP contribution in [0.2, 0.25) is 0 Å². The van der Waals surface area contributed by atoms with Crippen molar-refractivity contribution in [2.75, 3.05) is 26.2 Å². The fraction of sp³-hybridized carbons (Fsp3) is 0.522. The monoisotopic (exact) mass is 379 g/mol. The quantitative estimate of drug-likeness (QED) is 0.799. The minimum absolute atomic E-state index is 0.0391. The predicted octanol–water partition coefficient (Wildman–Crippen LogP) is 3.72. The predicted molar refractivity (Wildman–Crippen MR) is 110 cm³/mol. The summed E-state index contributed by atoms with van der Waals surface area (Å²) in [6.45, 7) is 7.05. The highest BCUT2D eigenvalue weighted by Gasteiger charge is 2.31. The first-order valence-electron chi connectivity index (χ1n) is 10.5. The van der Waals surface area contributed by atoms with Gasteiger partial charge in [-0.25, -0.2) is 0 Å². The number of nitrogens with zero attached hydrogens (tertiary/aromatic N) is 3. The van der Waals surface area contributed by atoms with E-state index in [-0.39, 0.29) is 11.8 Å². The first-order valence-corrected chi connectivity index (χ1v) is 10.5. The van der Waals surface area contributed by atoms with Crippen molar-refractivity contribution in [1.29, 1.82) is 0 Å². The first kappa shape index (κ1) is 18.9. The Labute approximate surface area is 166 Å². The lowest BCUT2D eigenvalue weighted by Crippen LogP contribution is -2.45. The molecule has 2 aliphatic heterocycles. The van der Waals surface area contributed by atoms with Crippen LogP contribution < -0.4 is 0 Å². The second-order valence-electron chi connectivity index (χ2n) is 8.27. The Hall–Kier alpha value is -2.43. The summed E-state index contributed by atoms with van der Waals surface area (Å²) in [4.78, 5) is 34.4. The molecular weight excluding hydrogens is 350 g/mol. The highest BCUT2D eigenvalue weighted by molar-refractivity contribution is 5.99. The number of benzene rings is 1. The van der Waals surface area contributed by atoms with E-state index >= 15 is 0 Å². The van der Waals surface area contributed by atoms with Gasteiger partial charge in [-0.15, -0.1) is 0 Å². The molecule has 2 saturated heterocycles. The largest absolute Gasteiger partial charge is 0.342 e. The smallest absolute Gasteiger partial charge is 0.255 e. The number of piperidine rings is 2. The second-order valence-corrected chi connectivity index (χ2v) is 8.27. The number of amides is 2. The second kappa shape index (κ2) is 7.90. The van der Waals surface area contributed by atoms with Crippen molar-refractivity contribution >= 4 is 22.7 Å². The van der Waals surface area contributed by atoms with E-state index in [1.165, 1.54) is 6.42 Å². The van der Waals surface area contributed by atoms with Crippen LogP contribution >= 0.6 is 0 Å². The molecule has 2 amide bonds. The van der Waals surface area contributed by atoms with Gasteiger partial charge in [0, 0.05) is 37.5 Å². The maximum Gasteiger partial charge on any atom is 0.255 e. The van der Waals surface area contributed by atoms with E-state index in [9.17, 15) is 9.59 Å². The van der Waals surface area contributed by atoms with Gasteiger partial charge in [0.25, 0.3) is 5.91 Å². The molecule has 2 fully saturated rings. The van der Waals surface area contributed by atoms with Gasteiger partial charge in [0.05, 0.1) is 16.8 Å². The topological polar surface area (TPSA) is 53.5 Å². The Bertz CT molecular complexity index is 894. The summed E-state index contributed by atoms with van der Waals surface area (Å²) in [5, 5.41) is 1.00. The fourth-order valence-corrected chi connectivity index (χ4v) is 4.48. The molecule has 0 radical (unpaired) electrons. The third-order valence-corrected chi connectivity index (χ3v) is 6.19. The van der Waals surface area contributed by atoms with Crippen molar-refractivity contribution in [1.82, 2.24) is 14.8 Å². The molecule has 0 atom stereocenters. The summed E-state index contributed by atoms with van der Waals surface area (Å²) in [5.74, 6) is 0.406. The van der Waals surface area contributed by atoms with Crippen LogP contribution in [0.25, 0.3) is 10.9 Å². The summed E-state index contributed by atoms with van der Waals surface area (Å²) in [6, 6.07) is 8.09. The molecule has 28 heavy (non-hydrogen) atoms. The van der Waals surface area contributed by atoms with E-state index in [4.69, 9.17) is 0 Å². The summed E-state index contributed by atoms with van der Waals surface area (Å²) in [7, 11) is 0. The van der Waals surface area contributed by atoms with Crippen LogP contribution in [0.1, 0.15) is 53.7 Å². The van der Waals surface area contributed by atoms with Gasteiger partial charge in [0.2, 0.25) is 5.91 Å². The lowest BCUT2D eigenvalue weighted by molar-refractivity contribution is -0.137. The number of rotatable bonds is 2. The third-order valence-electron chi connectivity index (χ3n) is 6.19. The minimum atomic E-state index is 0.0391. The summed E-state index contributed by atoms with van der Waals surface area (Å²) in [5.41, 5.74) is 3.53. The van der Waals surface area contributed by atoms with Crippen LogP contribution in [0.4, 0.5) is 0 Å². The summed E-state index contributed by atoms with van der Waals surface area (Å²) in [6.07, 6.45) is 5.00. The molecule has 148 valence electrons. The molecule has 5 nitrogen and oxygen atoms in total. The number of carbonyl (C=O) groups excluding carboxylic acids is 2. The maximum absolute atomic E-state index is 13.1. The van der Waals surface area contributed by atoms with Crippen LogP contribution in [-0.4, -0.2) is 52.8 Å². The number of aryl methyl sites for hydroxylation is 2. The molecule has 3 heterocycles. The molecule has 0 saturated carbocycles. The van der Waals surface area contributed by atoms with Crippen molar-refractivity contribution in [2.24, 2.45) is 5.92 Å². The average Bonchev–Trinajstić information content (AvgIpc) is 2.73. The normalized spacial score (nSPS) is 18.5. The van der Waals surface area contributed by atoms with Gasteiger partial charge in [0.15, 0.2) is 0 Å². The molecule has 0 unspecified atom stereocenters. The average molecular weight is 380 g/mol. The summed E-state index contributed by atoms with van der Waals surface area (Å²) < 4.78 is 0. The van der Waals surface area contributed by atoms with Crippen molar-refractivity contribution in [3.63, 3.8) is 0 Å². The number of hydrogen-bond donors (Lipinski definition) is 0. The zero-order valence-electron chi connectivity index (χ0n) is 16.9. The van der Waals surface area contributed by atoms with E-state index in [1.54, 1.807) is 0 Å². The number of hydrogen-bond acceptors (Lipinski definition) is 3. The number of pyridine rings is 1. The van der Waals surface area contributed by atoms with E-state index in [1.807, 2.05) is 41.8 Å². The fourth-order valence-electron chi connectivity index (χ4n) is 4.48. The number of fused-ring (bicyclic) bond motifs is 1. The Morgan fingerprint density at radius 2 is 1.64 bits per heavy atom.